The van der Waals surface area contributed by atoms with Crippen LogP contribution in [0.2, 0.25) is 0 Å². The summed E-state index contributed by atoms with van der Waals surface area (Å²) in [5, 5.41) is 3.95. The molecule has 1 aromatic carbocycles. The highest BCUT2D eigenvalue weighted by Gasteiger charge is 2.02. The van der Waals surface area contributed by atoms with Crippen LogP contribution in [0.25, 0.3) is 5.69 Å². The molecule has 0 spiro atoms. The number of aromatic nitrogens is 2. The number of aryl methyl sites for hydroxylation is 1. The maximum atomic E-state index is 12.8. The van der Waals surface area contributed by atoms with Gasteiger partial charge in [0, 0.05) is 12.3 Å². The quantitative estimate of drug-likeness (QED) is 0.725. The molecule has 16 heavy (non-hydrogen) atoms. The van der Waals surface area contributed by atoms with Gasteiger partial charge < -0.3 is 0 Å². The molecular weight excluding hydrogens is 210 g/mol. The molecule has 0 saturated carbocycles. The van der Waals surface area contributed by atoms with Gasteiger partial charge in [-0.05, 0) is 24.6 Å². The standard InChI is InChI=1S/C10H8F2N2.C2H6/c1-7-5-13-14(6-7)10-3-8(11)2-9(12)4-10;1-2/h2-6H,1H3;1-2H3. The molecule has 0 amide bonds. The lowest BCUT2D eigenvalue weighted by Crippen LogP contribution is -1.95. The van der Waals surface area contributed by atoms with E-state index >= 15 is 0 Å². The molecule has 4 heteroatoms. The van der Waals surface area contributed by atoms with Crippen LogP contribution in [0.5, 0.6) is 0 Å². The lowest BCUT2D eigenvalue weighted by atomic mass is 10.3. The van der Waals surface area contributed by atoms with Gasteiger partial charge in [-0.25, -0.2) is 13.5 Å². The van der Waals surface area contributed by atoms with Gasteiger partial charge in [0.05, 0.1) is 11.9 Å². The number of halogens is 2. The zero-order chi connectivity index (χ0) is 12.1. The summed E-state index contributed by atoms with van der Waals surface area (Å²) in [6.45, 7) is 5.86. The highest BCUT2D eigenvalue weighted by molar-refractivity contribution is 5.32. The Kier molecular flexibility index (Phi) is 4.17. The van der Waals surface area contributed by atoms with E-state index in [4.69, 9.17) is 0 Å². The van der Waals surface area contributed by atoms with E-state index in [-0.39, 0.29) is 0 Å². The van der Waals surface area contributed by atoms with Crippen molar-refractivity contribution in [1.29, 1.82) is 0 Å². The van der Waals surface area contributed by atoms with Crippen molar-refractivity contribution in [1.82, 2.24) is 9.78 Å². The molecule has 1 aromatic heterocycles. The molecule has 0 unspecified atom stereocenters. The third kappa shape index (κ3) is 2.89. The maximum Gasteiger partial charge on any atom is 0.128 e. The molecule has 0 radical (unpaired) electrons. The maximum absolute atomic E-state index is 12.8. The van der Waals surface area contributed by atoms with Gasteiger partial charge in [-0.1, -0.05) is 13.8 Å². The summed E-state index contributed by atoms with van der Waals surface area (Å²) in [5.41, 5.74) is 1.32. The minimum absolute atomic E-state index is 0.385. The second kappa shape index (κ2) is 5.39. The van der Waals surface area contributed by atoms with E-state index in [1.165, 1.54) is 16.8 Å². The van der Waals surface area contributed by atoms with E-state index in [0.29, 0.717) is 5.69 Å². The number of hydrogen-bond acceptors (Lipinski definition) is 1. The summed E-state index contributed by atoms with van der Waals surface area (Å²) in [6.07, 6.45) is 3.33. The zero-order valence-electron chi connectivity index (χ0n) is 9.54. The molecule has 0 fully saturated rings. The Labute approximate surface area is 93.5 Å². The lowest BCUT2D eigenvalue weighted by Gasteiger charge is -2.01. The summed E-state index contributed by atoms with van der Waals surface area (Å²) in [7, 11) is 0. The molecule has 0 N–H and O–H groups in total. The minimum atomic E-state index is -0.604. The van der Waals surface area contributed by atoms with Crippen LogP contribution in [0, 0.1) is 18.6 Å². The van der Waals surface area contributed by atoms with Crippen molar-refractivity contribution in [3.8, 4) is 5.69 Å². The summed E-state index contributed by atoms with van der Waals surface area (Å²) in [5.74, 6) is -1.21. The molecule has 2 aromatic rings. The Bertz CT molecular complexity index is 444. The third-order valence-electron chi connectivity index (χ3n) is 1.82. The number of nitrogens with zero attached hydrogens (tertiary/aromatic N) is 2. The van der Waals surface area contributed by atoms with E-state index in [0.717, 1.165) is 11.6 Å². The van der Waals surface area contributed by atoms with Crippen LogP contribution in [-0.4, -0.2) is 9.78 Å². The first kappa shape index (κ1) is 12.4. The molecule has 0 aliphatic rings. The first-order valence-corrected chi connectivity index (χ1v) is 5.13. The fourth-order valence-electron chi connectivity index (χ4n) is 1.23. The van der Waals surface area contributed by atoms with Crippen LogP contribution < -0.4 is 0 Å². The van der Waals surface area contributed by atoms with E-state index in [1.807, 2.05) is 20.8 Å². The fourth-order valence-corrected chi connectivity index (χ4v) is 1.23. The number of rotatable bonds is 1. The Morgan fingerprint density at radius 2 is 1.62 bits per heavy atom. The first-order chi connectivity index (χ1) is 7.65. The van der Waals surface area contributed by atoms with Crippen molar-refractivity contribution >= 4 is 0 Å². The Morgan fingerprint density at radius 3 is 2.06 bits per heavy atom. The fraction of sp³-hybridized carbons (Fsp3) is 0.250. The van der Waals surface area contributed by atoms with Gasteiger partial charge >= 0.3 is 0 Å². The molecule has 0 saturated heterocycles. The van der Waals surface area contributed by atoms with Crippen molar-refractivity contribution < 1.29 is 8.78 Å². The van der Waals surface area contributed by atoms with Crippen LogP contribution in [0.3, 0.4) is 0 Å². The van der Waals surface area contributed by atoms with Crippen LogP contribution in [-0.2, 0) is 0 Å². The van der Waals surface area contributed by atoms with Gasteiger partial charge in [-0.2, -0.15) is 5.10 Å². The number of benzene rings is 1. The Hall–Kier alpha value is -1.71. The summed E-state index contributed by atoms with van der Waals surface area (Å²) in [6, 6.07) is 3.30. The second-order valence-electron chi connectivity index (χ2n) is 3.09. The average Bonchev–Trinajstić information content (AvgIpc) is 2.66. The van der Waals surface area contributed by atoms with Crippen molar-refractivity contribution in [2.75, 3.05) is 0 Å². The zero-order valence-corrected chi connectivity index (χ0v) is 9.54. The van der Waals surface area contributed by atoms with Crippen molar-refractivity contribution in [2.45, 2.75) is 20.8 Å². The summed E-state index contributed by atoms with van der Waals surface area (Å²) < 4.78 is 27.1. The van der Waals surface area contributed by atoms with Crippen molar-refractivity contribution in [2.24, 2.45) is 0 Å². The van der Waals surface area contributed by atoms with Gasteiger partial charge in [0.1, 0.15) is 11.6 Å². The van der Waals surface area contributed by atoms with Crippen LogP contribution in [0.4, 0.5) is 8.78 Å². The topological polar surface area (TPSA) is 17.8 Å². The normalized spacial score (nSPS) is 9.56. The SMILES string of the molecule is CC.Cc1cnn(-c2cc(F)cc(F)c2)c1. The highest BCUT2D eigenvalue weighted by Crippen LogP contribution is 2.12. The van der Waals surface area contributed by atoms with E-state index in [2.05, 4.69) is 5.10 Å². The first-order valence-electron chi connectivity index (χ1n) is 5.13. The summed E-state index contributed by atoms with van der Waals surface area (Å²) in [4.78, 5) is 0. The van der Waals surface area contributed by atoms with Crippen LogP contribution >= 0.6 is 0 Å². The van der Waals surface area contributed by atoms with E-state index in [9.17, 15) is 8.78 Å². The molecule has 86 valence electrons. The average molecular weight is 224 g/mol. The molecule has 0 bridgehead atoms. The van der Waals surface area contributed by atoms with Gasteiger partial charge in [0.2, 0.25) is 0 Å². The largest absolute Gasteiger partial charge is 0.241 e. The smallest absolute Gasteiger partial charge is 0.128 e. The minimum Gasteiger partial charge on any atom is -0.241 e. The predicted molar refractivity (Wildman–Crippen MR) is 59.6 cm³/mol. The van der Waals surface area contributed by atoms with Crippen molar-refractivity contribution in [3.05, 3.63) is 47.8 Å². The molecule has 0 atom stereocenters. The van der Waals surface area contributed by atoms with E-state index in [1.54, 1.807) is 12.4 Å². The molecule has 2 rings (SSSR count). The third-order valence-corrected chi connectivity index (χ3v) is 1.82. The molecule has 1 heterocycles. The molecule has 2 nitrogen and oxygen atoms in total. The van der Waals surface area contributed by atoms with Gasteiger partial charge in [-0.3, -0.25) is 0 Å². The van der Waals surface area contributed by atoms with Crippen molar-refractivity contribution in [3.63, 3.8) is 0 Å². The second-order valence-corrected chi connectivity index (χ2v) is 3.09. The molecule has 0 aliphatic heterocycles. The van der Waals surface area contributed by atoms with Crippen LogP contribution in [0.15, 0.2) is 30.6 Å². The Balaban J connectivity index is 0.000000606. The summed E-state index contributed by atoms with van der Waals surface area (Å²) >= 11 is 0. The Morgan fingerprint density at radius 1 is 1.06 bits per heavy atom. The molecule has 0 aliphatic carbocycles. The monoisotopic (exact) mass is 224 g/mol. The van der Waals surface area contributed by atoms with Crippen LogP contribution in [0.1, 0.15) is 19.4 Å². The van der Waals surface area contributed by atoms with Gasteiger partial charge in [0.25, 0.3) is 0 Å². The predicted octanol–water partition coefficient (Wildman–Crippen LogP) is 3.49. The highest BCUT2D eigenvalue weighted by atomic mass is 19.1. The number of hydrogen-bond donors (Lipinski definition) is 0. The van der Waals surface area contributed by atoms with E-state index < -0.39 is 11.6 Å². The van der Waals surface area contributed by atoms with Gasteiger partial charge in [0.15, 0.2) is 0 Å². The molecular formula is C12H14F2N2. The lowest BCUT2D eigenvalue weighted by molar-refractivity contribution is 0.580. The van der Waals surface area contributed by atoms with Gasteiger partial charge in [-0.15, -0.1) is 0 Å².